The quantitative estimate of drug-likeness (QED) is 0.174. The van der Waals surface area contributed by atoms with Crippen LogP contribution in [0.15, 0.2) is 100 Å². The van der Waals surface area contributed by atoms with Crippen molar-refractivity contribution in [1.82, 2.24) is 34.4 Å². The standard InChI is InChI=1S/C36H29F2N9O7S/c1-45-30-19-39-10-9-24(30)33(49)47(36(45)52)31-8-3-20(16-40-31)13-29(34(50)51)43-32(48)25-14-27(38)28(15-26(25)37)44-55(53,54)23-6-4-21(5-7-23)22-17-41-35(42-18-22)46-11-2-12-46/h3-10,14-19,29,44H,2,11-13H2,1H3,(H,43,48)(H,50,51)/t29-/m0/s1. The molecule has 1 saturated heterocycles. The summed E-state index contributed by atoms with van der Waals surface area (Å²) in [4.78, 5) is 69.6. The molecule has 0 saturated carbocycles. The van der Waals surface area contributed by atoms with E-state index in [1.165, 1.54) is 72.7 Å². The summed E-state index contributed by atoms with van der Waals surface area (Å²) in [5.41, 5.74) is -1.17. The van der Waals surface area contributed by atoms with Crippen molar-refractivity contribution in [3.8, 4) is 16.9 Å². The normalized spacial score (nSPS) is 13.3. The number of aromatic nitrogens is 6. The van der Waals surface area contributed by atoms with E-state index in [1.54, 1.807) is 12.4 Å². The Labute approximate surface area is 309 Å². The number of carboxylic acids is 1. The van der Waals surface area contributed by atoms with Gasteiger partial charge in [0.15, 0.2) is 0 Å². The Balaban J connectivity index is 1.03. The highest BCUT2D eigenvalue weighted by atomic mass is 32.2. The highest BCUT2D eigenvalue weighted by Gasteiger charge is 2.26. The van der Waals surface area contributed by atoms with Crippen molar-refractivity contribution in [2.75, 3.05) is 22.7 Å². The molecule has 19 heteroatoms. The molecule has 55 heavy (non-hydrogen) atoms. The van der Waals surface area contributed by atoms with Crippen molar-refractivity contribution in [2.24, 2.45) is 7.05 Å². The third kappa shape index (κ3) is 7.23. The minimum absolute atomic E-state index is 0.0486. The molecule has 6 aromatic rings. The number of benzene rings is 2. The van der Waals surface area contributed by atoms with Crippen LogP contribution < -0.4 is 26.2 Å². The molecule has 280 valence electrons. The van der Waals surface area contributed by atoms with Gasteiger partial charge in [0, 0.05) is 63.0 Å². The Morgan fingerprint density at radius 2 is 1.64 bits per heavy atom. The van der Waals surface area contributed by atoms with Crippen LogP contribution in [0.4, 0.5) is 20.4 Å². The van der Waals surface area contributed by atoms with Crippen LogP contribution in [0.25, 0.3) is 27.8 Å². The van der Waals surface area contributed by atoms with Gasteiger partial charge in [0.2, 0.25) is 5.95 Å². The SMILES string of the molecule is Cn1c(=O)n(-c2ccc(C[C@H](NC(=O)c3cc(F)c(NS(=O)(=O)c4ccc(-c5cnc(N6CCC6)nc5)cc4)cc3F)C(=O)O)cn2)c(=O)c2ccncc21. The van der Waals surface area contributed by atoms with Gasteiger partial charge in [-0.15, -0.1) is 0 Å². The second-order valence-corrected chi connectivity index (χ2v) is 14.2. The zero-order valence-electron chi connectivity index (χ0n) is 28.7. The number of nitrogens with zero attached hydrogens (tertiary/aromatic N) is 7. The first kappa shape index (κ1) is 36.5. The maximum Gasteiger partial charge on any atom is 0.337 e. The molecular weight excluding hydrogens is 741 g/mol. The smallest absolute Gasteiger partial charge is 0.337 e. The lowest BCUT2D eigenvalue weighted by molar-refractivity contribution is -0.139. The van der Waals surface area contributed by atoms with Crippen molar-refractivity contribution in [3.05, 3.63) is 129 Å². The van der Waals surface area contributed by atoms with E-state index in [0.717, 1.165) is 24.1 Å². The number of amides is 1. The number of carbonyl (C=O) groups excluding carboxylic acids is 1. The van der Waals surface area contributed by atoms with E-state index in [0.29, 0.717) is 34.7 Å². The number of hydrogen-bond acceptors (Lipinski definition) is 11. The van der Waals surface area contributed by atoms with Gasteiger partial charge < -0.3 is 15.3 Å². The molecule has 0 bridgehead atoms. The van der Waals surface area contributed by atoms with Crippen molar-refractivity contribution in [2.45, 2.75) is 23.8 Å². The molecular formula is C36H29F2N9O7S. The highest BCUT2D eigenvalue weighted by molar-refractivity contribution is 7.92. The third-order valence-electron chi connectivity index (χ3n) is 8.98. The molecule has 3 N–H and O–H groups in total. The second kappa shape index (κ2) is 14.5. The predicted molar refractivity (Wildman–Crippen MR) is 194 cm³/mol. The molecule has 0 radical (unpaired) electrons. The van der Waals surface area contributed by atoms with Crippen molar-refractivity contribution in [3.63, 3.8) is 0 Å². The maximum atomic E-state index is 15.2. The largest absolute Gasteiger partial charge is 0.480 e. The number of aliphatic carboxylic acids is 1. The number of pyridine rings is 2. The van der Waals surface area contributed by atoms with Crippen LogP contribution >= 0.6 is 0 Å². The molecule has 1 aliphatic rings. The number of fused-ring (bicyclic) bond motifs is 1. The van der Waals surface area contributed by atoms with Crippen LogP contribution in [0.1, 0.15) is 22.3 Å². The number of rotatable bonds is 11. The number of anilines is 2. The Bertz CT molecular complexity index is 2700. The van der Waals surface area contributed by atoms with Gasteiger partial charge in [0.1, 0.15) is 23.5 Å². The van der Waals surface area contributed by atoms with Crippen LogP contribution in [0.3, 0.4) is 0 Å². The minimum Gasteiger partial charge on any atom is -0.480 e. The van der Waals surface area contributed by atoms with Crippen LogP contribution in [-0.4, -0.2) is 73.6 Å². The number of carbonyl (C=O) groups is 2. The molecule has 1 amide bonds. The summed E-state index contributed by atoms with van der Waals surface area (Å²) in [6, 6.07) is 8.99. The lowest BCUT2D eigenvalue weighted by Gasteiger charge is -2.30. The van der Waals surface area contributed by atoms with Crippen LogP contribution in [-0.2, 0) is 28.3 Å². The first-order valence-electron chi connectivity index (χ1n) is 16.5. The number of carboxylic acid groups (broad SMARTS) is 1. The lowest BCUT2D eigenvalue weighted by atomic mass is 10.1. The topological polar surface area (TPSA) is 211 Å². The average molecular weight is 770 g/mol. The second-order valence-electron chi connectivity index (χ2n) is 12.5. The van der Waals surface area contributed by atoms with Crippen LogP contribution in [0.5, 0.6) is 0 Å². The maximum absolute atomic E-state index is 15.2. The zero-order chi connectivity index (χ0) is 39.0. The van der Waals surface area contributed by atoms with E-state index in [2.05, 4.69) is 25.3 Å². The number of sulfonamides is 1. The van der Waals surface area contributed by atoms with Gasteiger partial charge in [-0.25, -0.2) is 46.3 Å². The number of hydrogen-bond donors (Lipinski definition) is 3. The predicted octanol–water partition coefficient (Wildman–Crippen LogP) is 2.65. The van der Waals surface area contributed by atoms with Gasteiger partial charge in [-0.2, -0.15) is 0 Å². The molecule has 0 aliphatic carbocycles. The summed E-state index contributed by atoms with van der Waals surface area (Å²) in [5.74, 6) is -4.89. The molecule has 0 unspecified atom stereocenters. The summed E-state index contributed by atoms with van der Waals surface area (Å²) in [5, 5.41) is 12.2. The third-order valence-corrected chi connectivity index (χ3v) is 10.4. The van der Waals surface area contributed by atoms with E-state index < -0.39 is 62.1 Å². The lowest BCUT2D eigenvalue weighted by Crippen LogP contribution is -2.42. The van der Waals surface area contributed by atoms with E-state index in [-0.39, 0.29) is 28.1 Å². The van der Waals surface area contributed by atoms with Gasteiger partial charge in [-0.05, 0) is 47.9 Å². The van der Waals surface area contributed by atoms with Gasteiger partial charge in [-0.1, -0.05) is 18.2 Å². The summed E-state index contributed by atoms with van der Waals surface area (Å²) in [6.45, 7) is 1.76. The monoisotopic (exact) mass is 769 g/mol. The highest BCUT2D eigenvalue weighted by Crippen LogP contribution is 2.26. The average Bonchev–Trinajstić information content (AvgIpc) is 3.15. The molecule has 1 aliphatic heterocycles. The van der Waals surface area contributed by atoms with Gasteiger partial charge >= 0.3 is 11.7 Å². The van der Waals surface area contributed by atoms with Crippen molar-refractivity contribution in [1.29, 1.82) is 0 Å². The first-order valence-corrected chi connectivity index (χ1v) is 18.0. The number of nitrogens with one attached hydrogen (secondary N) is 2. The molecule has 16 nitrogen and oxygen atoms in total. The molecule has 4 aromatic heterocycles. The Morgan fingerprint density at radius 3 is 2.27 bits per heavy atom. The molecule has 1 atom stereocenters. The van der Waals surface area contributed by atoms with E-state index in [9.17, 15) is 32.7 Å². The molecule has 1 fully saturated rings. The minimum atomic E-state index is -4.42. The Morgan fingerprint density at radius 1 is 0.909 bits per heavy atom. The van der Waals surface area contributed by atoms with Crippen LogP contribution in [0.2, 0.25) is 0 Å². The van der Waals surface area contributed by atoms with Crippen molar-refractivity contribution < 1.29 is 31.9 Å². The van der Waals surface area contributed by atoms with E-state index in [4.69, 9.17) is 0 Å². The summed E-state index contributed by atoms with van der Waals surface area (Å²) in [7, 11) is -2.96. The Kier molecular flexibility index (Phi) is 9.61. The molecule has 7 rings (SSSR count). The van der Waals surface area contributed by atoms with Crippen LogP contribution in [0, 0.1) is 11.6 Å². The summed E-state index contributed by atoms with van der Waals surface area (Å²) in [6.07, 6.45) is 7.91. The fourth-order valence-electron chi connectivity index (χ4n) is 5.82. The molecule has 2 aromatic carbocycles. The fraction of sp³-hybridized carbons (Fsp3) is 0.167. The fourth-order valence-corrected chi connectivity index (χ4v) is 6.88. The zero-order valence-corrected chi connectivity index (χ0v) is 29.5. The molecule has 0 spiro atoms. The first-order chi connectivity index (χ1) is 26.3. The number of aryl methyl sites for hydroxylation is 1. The van der Waals surface area contributed by atoms with Gasteiger partial charge in [0.25, 0.3) is 21.5 Å². The van der Waals surface area contributed by atoms with E-state index >= 15 is 8.78 Å². The van der Waals surface area contributed by atoms with Gasteiger partial charge in [0.05, 0.1) is 33.2 Å². The summed E-state index contributed by atoms with van der Waals surface area (Å²) < 4.78 is 60.5. The van der Waals surface area contributed by atoms with E-state index in [1.807, 2.05) is 9.62 Å². The van der Waals surface area contributed by atoms with Gasteiger partial charge in [-0.3, -0.25) is 23.9 Å². The van der Waals surface area contributed by atoms with Crippen molar-refractivity contribution >= 4 is 44.4 Å². The Hall–Kier alpha value is -6.89. The number of halogens is 2. The molecule has 5 heterocycles. The summed E-state index contributed by atoms with van der Waals surface area (Å²) >= 11 is 0.